The van der Waals surface area contributed by atoms with Gasteiger partial charge in [-0.15, -0.1) is 0 Å². The summed E-state index contributed by atoms with van der Waals surface area (Å²) in [6.07, 6.45) is 6.45. The Balaban J connectivity index is 2.12. The third kappa shape index (κ3) is 3.69. The van der Waals surface area contributed by atoms with Crippen molar-refractivity contribution in [2.75, 3.05) is 6.54 Å². The van der Waals surface area contributed by atoms with Crippen LogP contribution in [0.15, 0.2) is 23.0 Å². The van der Waals surface area contributed by atoms with E-state index in [1.807, 2.05) is 23.6 Å². The molecule has 0 bridgehead atoms. The first-order chi connectivity index (χ1) is 9.22. The Bertz CT molecular complexity index is 446. The van der Waals surface area contributed by atoms with E-state index in [2.05, 4.69) is 12.2 Å². The van der Waals surface area contributed by atoms with Gasteiger partial charge in [0, 0.05) is 24.3 Å². The summed E-state index contributed by atoms with van der Waals surface area (Å²) in [7, 11) is 0. The van der Waals surface area contributed by atoms with Gasteiger partial charge in [0.25, 0.3) is 5.56 Å². The highest BCUT2D eigenvalue weighted by Gasteiger charge is 2.25. The van der Waals surface area contributed by atoms with E-state index in [1.54, 1.807) is 6.07 Å². The minimum atomic E-state index is 0.126. The fourth-order valence-electron chi connectivity index (χ4n) is 3.12. The topological polar surface area (TPSA) is 34.0 Å². The number of aryl methyl sites for hydroxylation is 1. The number of hydrogen-bond acceptors (Lipinski definition) is 2. The first-order valence-corrected chi connectivity index (χ1v) is 7.62. The van der Waals surface area contributed by atoms with Gasteiger partial charge in [-0.2, -0.15) is 0 Å². The van der Waals surface area contributed by atoms with E-state index in [4.69, 9.17) is 0 Å². The van der Waals surface area contributed by atoms with Crippen LogP contribution in [-0.4, -0.2) is 17.2 Å². The van der Waals surface area contributed by atoms with Gasteiger partial charge in [-0.25, -0.2) is 0 Å². The molecule has 1 atom stereocenters. The minimum Gasteiger partial charge on any atom is -0.312 e. The van der Waals surface area contributed by atoms with Crippen LogP contribution in [0.1, 0.15) is 44.7 Å². The molecule has 1 aromatic heterocycles. The van der Waals surface area contributed by atoms with Gasteiger partial charge in [0.05, 0.1) is 0 Å². The molecule has 1 N–H and O–H groups in total. The molecule has 19 heavy (non-hydrogen) atoms. The molecule has 0 spiro atoms. The Morgan fingerprint density at radius 2 is 2.11 bits per heavy atom. The van der Waals surface area contributed by atoms with Crippen molar-refractivity contribution < 1.29 is 0 Å². The molecule has 3 heteroatoms. The molecular weight excluding hydrogens is 236 g/mol. The molecule has 1 unspecified atom stereocenters. The van der Waals surface area contributed by atoms with Gasteiger partial charge in [-0.05, 0) is 44.7 Å². The molecular formula is C16H26N2O. The smallest absolute Gasteiger partial charge is 0.250 e. The summed E-state index contributed by atoms with van der Waals surface area (Å²) < 4.78 is 1.92. The molecule has 1 aliphatic rings. The highest BCUT2D eigenvalue weighted by atomic mass is 16.1. The van der Waals surface area contributed by atoms with Crippen molar-refractivity contribution >= 4 is 0 Å². The Hall–Kier alpha value is -1.09. The monoisotopic (exact) mass is 262 g/mol. The molecule has 1 aliphatic carbocycles. The summed E-state index contributed by atoms with van der Waals surface area (Å²) in [5.41, 5.74) is 1.19. The van der Waals surface area contributed by atoms with Gasteiger partial charge in [0.1, 0.15) is 0 Å². The molecule has 0 saturated heterocycles. The van der Waals surface area contributed by atoms with Crippen LogP contribution in [0.3, 0.4) is 0 Å². The van der Waals surface area contributed by atoms with Crippen LogP contribution < -0.4 is 10.9 Å². The van der Waals surface area contributed by atoms with Crippen molar-refractivity contribution in [1.29, 1.82) is 0 Å². The van der Waals surface area contributed by atoms with Gasteiger partial charge in [-0.3, -0.25) is 4.79 Å². The van der Waals surface area contributed by atoms with E-state index in [9.17, 15) is 4.79 Å². The maximum atomic E-state index is 12.0. The van der Waals surface area contributed by atoms with Crippen molar-refractivity contribution in [2.24, 2.45) is 5.92 Å². The molecule has 1 saturated carbocycles. The Kier molecular flexibility index (Phi) is 5.20. The number of pyridine rings is 1. The molecule has 0 aliphatic heterocycles. The molecule has 106 valence electrons. The van der Waals surface area contributed by atoms with Gasteiger partial charge >= 0.3 is 0 Å². The van der Waals surface area contributed by atoms with Crippen molar-refractivity contribution in [3.05, 3.63) is 34.2 Å². The van der Waals surface area contributed by atoms with Crippen LogP contribution in [-0.2, 0) is 6.54 Å². The second-order valence-corrected chi connectivity index (χ2v) is 5.72. The van der Waals surface area contributed by atoms with Crippen LogP contribution >= 0.6 is 0 Å². The number of rotatable bonds is 6. The van der Waals surface area contributed by atoms with Crippen LogP contribution in [0.25, 0.3) is 0 Å². The zero-order valence-electron chi connectivity index (χ0n) is 12.2. The van der Waals surface area contributed by atoms with Crippen molar-refractivity contribution in [2.45, 2.75) is 58.5 Å². The normalized spacial score (nSPS) is 17.8. The summed E-state index contributed by atoms with van der Waals surface area (Å²) in [5, 5.41) is 3.65. The lowest BCUT2D eigenvalue weighted by atomic mass is 9.97. The van der Waals surface area contributed by atoms with Gasteiger partial charge in [0.2, 0.25) is 0 Å². The van der Waals surface area contributed by atoms with Crippen LogP contribution in [0, 0.1) is 12.8 Å². The Labute approximate surface area is 116 Å². The fourth-order valence-corrected chi connectivity index (χ4v) is 3.12. The van der Waals surface area contributed by atoms with E-state index in [0.717, 1.165) is 31.1 Å². The third-order valence-corrected chi connectivity index (χ3v) is 4.27. The Morgan fingerprint density at radius 1 is 1.37 bits per heavy atom. The average molecular weight is 262 g/mol. The fraction of sp³-hybridized carbons (Fsp3) is 0.688. The maximum absolute atomic E-state index is 12.0. The molecule has 1 fully saturated rings. The summed E-state index contributed by atoms with van der Waals surface area (Å²) in [5.74, 6) is 0.734. The standard InChI is InChI=1S/C16H26N2O/c1-3-11-17-15(14-8-4-5-9-14)12-18-13(2)7-6-10-16(18)19/h6-7,10,14-15,17H,3-5,8-9,11-12H2,1-2H3. The maximum Gasteiger partial charge on any atom is 0.250 e. The SMILES string of the molecule is CCCNC(Cn1c(C)cccc1=O)C1CCCC1. The molecule has 1 heterocycles. The lowest BCUT2D eigenvalue weighted by Gasteiger charge is -2.26. The first kappa shape index (κ1) is 14.3. The van der Waals surface area contributed by atoms with Crippen LogP contribution in [0.5, 0.6) is 0 Å². The highest BCUT2D eigenvalue weighted by Crippen LogP contribution is 2.28. The predicted molar refractivity (Wildman–Crippen MR) is 79.5 cm³/mol. The molecule has 3 nitrogen and oxygen atoms in total. The molecule has 0 radical (unpaired) electrons. The lowest BCUT2D eigenvalue weighted by molar-refractivity contribution is 0.318. The second-order valence-electron chi connectivity index (χ2n) is 5.72. The largest absolute Gasteiger partial charge is 0.312 e. The summed E-state index contributed by atoms with van der Waals surface area (Å²) in [6, 6.07) is 5.98. The molecule has 0 aromatic carbocycles. The van der Waals surface area contributed by atoms with Crippen LogP contribution in [0.2, 0.25) is 0 Å². The van der Waals surface area contributed by atoms with E-state index >= 15 is 0 Å². The quantitative estimate of drug-likeness (QED) is 0.855. The lowest BCUT2D eigenvalue weighted by Crippen LogP contribution is -2.42. The van der Waals surface area contributed by atoms with E-state index in [1.165, 1.54) is 25.7 Å². The predicted octanol–water partition coefficient (Wildman–Crippen LogP) is 2.72. The molecule has 0 amide bonds. The van der Waals surface area contributed by atoms with Crippen molar-refractivity contribution in [3.63, 3.8) is 0 Å². The van der Waals surface area contributed by atoms with E-state index in [-0.39, 0.29) is 5.56 Å². The molecule has 2 rings (SSSR count). The van der Waals surface area contributed by atoms with Gasteiger partial charge in [0.15, 0.2) is 0 Å². The molecule has 1 aromatic rings. The van der Waals surface area contributed by atoms with Gasteiger partial charge in [-0.1, -0.05) is 25.8 Å². The third-order valence-electron chi connectivity index (χ3n) is 4.27. The minimum absolute atomic E-state index is 0.126. The summed E-state index contributed by atoms with van der Waals surface area (Å²) >= 11 is 0. The van der Waals surface area contributed by atoms with E-state index < -0.39 is 0 Å². The number of nitrogens with zero attached hydrogens (tertiary/aromatic N) is 1. The Morgan fingerprint density at radius 3 is 2.74 bits per heavy atom. The summed E-state index contributed by atoms with van der Waals surface area (Å²) in [4.78, 5) is 12.0. The zero-order valence-corrected chi connectivity index (χ0v) is 12.2. The number of aromatic nitrogens is 1. The second kappa shape index (κ2) is 6.90. The van der Waals surface area contributed by atoms with Gasteiger partial charge < -0.3 is 9.88 Å². The zero-order chi connectivity index (χ0) is 13.7. The number of hydrogen-bond donors (Lipinski definition) is 1. The van der Waals surface area contributed by atoms with Crippen molar-refractivity contribution in [1.82, 2.24) is 9.88 Å². The van der Waals surface area contributed by atoms with Crippen LogP contribution in [0.4, 0.5) is 0 Å². The highest BCUT2D eigenvalue weighted by molar-refractivity contribution is 5.05. The van der Waals surface area contributed by atoms with Crippen molar-refractivity contribution in [3.8, 4) is 0 Å². The average Bonchev–Trinajstić information content (AvgIpc) is 2.91. The van der Waals surface area contributed by atoms with E-state index in [0.29, 0.717) is 6.04 Å². The number of nitrogens with one attached hydrogen (secondary N) is 1. The first-order valence-electron chi connectivity index (χ1n) is 7.62. The summed E-state index contributed by atoms with van der Waals surface area (Å²) in [6.45, 7) is 6.07.